The van der Waals surface area contributed by atoms with Crippen LogP contribution in [0.1, 0.15) is 26.2 Å². The van der Waals surface area contributed by atoms with E-state index in [4.69, 9.17) is 5.26 Å². The summed E-state index contributed by atoms with van der Waals surface area (Å²) in [5.41, 5.74) is -0.167. The summed E-state index contributed by atoms with van der Waals surface area (Å²) in [4.78, 5) is 0. The second-order valence-corrected chi connectivity index (χ2v) is 2.58. The second-order valence-electron chi connectivity index (χ2n) is 2.58. The van der Waals surface area contributed by atoms with E-state index in [9.17, 15) is 0 Å². The molecule has 0 saturated carbocycles. The zero-order chi connectivity index (χ0) is 6.74. The molecular weight excluding hydrogens is 112 g/mol. The van der Waals surface area contributed by atoms with Crippen molar-refractivity contribution in [3.05, 3.63) is 0 Å². The van der Waals surface area contributed by atoms with Crippen molar-refractivity contribution >= 4 is 0 Å². The third kappa shape index (κ3) is 1.06. The minimum Gasteiger partial charge on any atom is -0.299 e. The first-order valence-corrected chi connectivity index (χ1v) is 3.49. The molecular formula is C7H12N2. The number of rotatable bonds is 1. The van der Waals surface area contributed by atoms with Gasteiger partial charge in [0.05, 0.1) is 6.07 Å². The fourth-order valence-electron chi connectivity index (χ4n) is 1.28. The van der Waals surface area contributed by atoms with E-state index in [1.54, 1.807) is 0 Å². The largest absolute Gasteiger partial charge is 0.299 e. The highest BCUT2D eigenvalue weighted by Crippen LogP contribution is 2.20. The second kappa shape index (κ2) is 2.36. The van der Waals surface area contributed by atoms with Crippen molar-refractivity contribution in [2.24, 2.45) is 0 Å². The third-order valence-electron chi connectivity index (χ3n) is 2.06. The van der Waals surface area contributed by atoms with Gasteiger partial charge in [0, 0.05) is 0 Å². The molecule has 0 aromatic carbocycles. The highest BCUT2D eigenvalue weighted by Gasteiger charge is 2.30. The van der Waals surface area contributed by atoms with Crippen LogP contribution in [-0.4, -0.2) is 12.1 Å². The van der Waals surface area contributed by atoms with E-state index < -0.39 is 0 Å². The topological polar surface area (TPSA) is 35.8 Å². The maximum Gasteiger partial charge on any atom is 0.106 e. The molecule has 2 heteroatoms. The lowest BCUT2D eigenvalue weighted by Crippen LogP contribution is -2.36. The molecule has 1 heterocycles. The van der Waals surface area contributed by atoms with Crippen molar-refractivity contribution in [1.29, 1.82) is 5.26 Å². The van der Waals surface area contributed by atoms with Crippen LogP contribution in [-0.2, 0) is 0 Å². The van der Waals surface area contributed by atoms with Crippen molar-refractivity contribution in [2.75, 3.05) is 6.54 Å². The Morgan fingerprint density at radius 2 is 2.56 bits per heavy atom. The number of nitriles is 1. The lowest BCUT2D eigenvalue weighted by Gasteiger charge is -2.17. The van der Waals surface area contributed by atoms with Gasteiger partial charge in [-0.15, -0.1) is 0 Å². The Bertz CT molecular complexity index is 128. The number of nitrogens with zero attached hydrogens (tertiary/aromatic N) is 1. The summed E-state index contributed by atoms with van der Waals surface area (Å²) in [5.74, 6) is 0. The third-order valence-corrected chi connectivity index (χ3v) is 2.06. The van der Waals surface area contributed by atoms with Gasteiger partial charge in [-0.3, -0.25) is 5.32 Å². The zero-order valence-corrected chi connectivity index (χ0v) is 5.78. The Kier molecular flexibility index (Phi) is 1.73. The number of hydrogen-bond donors (Lipinski definition) is 1. The monoisotopic (exact) mass is 124 g/mol. The van der Waals surface area contributed by atoms with E-state index in [-0.39, 0.29) is 5.54 Å². The molecule has 1 aliphatic heterocycles. The molecule has 0 spiro atoms. The quantitative estimate of drug-likeness (QED) is 0.567. The molecule has 9 heavy (non-hydrogen) atoms. The summed E-state index contributed by atoms with van der Waals surface area (Å²) in [5, 5.41) is 11.9. The van der Waals surface area contributed by atoms with Crippen LogP contribution in [0.15, 0.2) is 0 Å². The summed E-state index contributed by atoms with van der Waals surface area (Å²) in [6.45, 7) is 3.07. The van der Waals surface area contributed by atoms with Gasteiger partial charge < -0.3 is 0 Å². The Balaban J connectivity index is 2.59. The molecule has 2 nitrogen and oxygen atoms in total. The van der Waals surface area contributed by atoms with E-state index >= 15 is 0 Å². The van der Waals surface area contributed by atoms with Crippen LogP contribution in [0, 0.1) is 11.3 Å². The Labute approximate surface area is 55.9 Å². The molecule has 0 amide bonds. The van der Waals surface area contributed by atoms with Crippen molar-refractivity contribution in [3.8, 4) is 6.07 Å². The summed E-state index contributed by atoms with van der Waals surface area (Å²) in [6.07, 6.45) is 3.12. The van der Waals surface area contributed by atoms with Gasteiger partial charge in [0.25, 0.3) is 0 Å². The predicted molar refractivity (Wildman–Crippen MR) is 35.9 cm³/mol. The first-order valence-electron chi connectivity index (χ1n) is 3.49. The highest BCUT2D eigenvalue weighted by molar-refractivity contribution is 5.08. The van der Waals surface area contributed by atoms with Crippen LogP contribution in [0.5, 0.6) is 0 Å². The standard InChI is InChI=1S/C7H12N2/c1-2-7(6-8)4-3-5-9-7/h9H,2-5H2,1H3. The fourth-order valence-corrected chi connectivity index (χ4v) is 1.28. The van der Waals surface area contributed by atoms with Crippen LogP contribution in [0.25, 0.3) is 0 Å². The van der Waals surface area contributed by atoms with Gasteiger partial charge in [-0.25, -0.2) is 0 Å². The van der Waals surface area contributed by atoms with Crippen LogP contribution < -0.4 is 5.32 Å². The van der Waals surface area contributed by atoms with Crippen LogP contribution in [0.4, 0.5) is 0 Å². The predicted octanol–water partition coefficient (Wildman–Crippen LogP) is 1.04. The molecule has 1 fully saturated rings. The lowest BCUT2D eigenvalue weighted by atomic mass is 9.97. The Morgan fingerprint density at radius 1 is 1.78 bits per heavy atom. The summed E-state index contributed by atoms with van der Waals surface area (Å²) in [7, 11) is 0. The molecule has 0 aliphatic carbocycles. The SMILES string of the molecule is CCC1(C#N)CCCN1. The van der Waals surface area contributed by atoms with Gasteiger partial charge >= 0.3 is 0 Å². The first kappa shape index (κ1) is 6.57. The van der Waals surface area contributed by atoms with Crippen LogP contribution >= 0.6 is 0 Å². The number of hydrogen-bond acceptors (Lipinski definition) is 2. The van der Waals surface area contributed by atoms with Crippen LogP contribution in [0.3, 0.4) is 0 Å². The zero-order valence-electron chi connectivity index (χ0n) is 5.78. The van der Waals surface area contributed by atoms with Gasteiger partial charge in [0.15, 0.2) is 0 Å². The van der Waals surface area contributed by atoms with E-state index in [1.807, 2.05) is 0 Å². The normalized spacial score (nSPS) is 34.2. The molecule has 0 aromatic heterocycles. The molecule has 1 rings (SSSR count). The van der Waals surface area contributed by atoms with Crippen LogP contribution in [0.2, 0.25) is 0 Å². The van der Waals surface area contributed by atoms with Crippen molar-refractivity contribution in [3.63, 3.8) is 0 Å². The molecule has 50 valence electrons. The van der Waals surface area contributed by atoms with E-state index in [1.165, 1.54) is 0 Å². The molecule has 1 saturated heterocycles. The Hall–Kier alpha value is -0.550. The van der Waals surface area contributed by atoms with E-state index in [0.29, 0.717) is 0 Å². The fraction of sp³-hybridized carbons (Fsp3) is 0.857. The minimum atomic E-state index is -0.167. The molecule has 1 aliphatic rings. The summed E-state index contributed by atoms with van der Waals surface area (Å²) >= 11 is 0. The van der Waals surface area contributed by atoms with Crippen molar-refractivity contribution < 1.29 is 0 Å². The van der Waals surface area contributed by atoms with Gasteiger partial charge in [-0.1, -0.05) is 6.92 Å². The lowest BCUT2D eigenvalue weighted by molar-refractivity contribution is 0.467. The van der Waals surface area contributed by atoms with Gasteiger partial charge in [-0.05, 0) is 25.8 Å². The van der Waals surface area contributed by atoms with Gasteiger partial charge in [-0.2, -0.15) is 5.26 Å². The van der Waals surface area contributed by atoms with Crippen molar-refractivity contribution in [2.45, 2.75) is 31.7 Å². The molecule has 1 N–H and O–H groups in total. The maximum atomic E-state index is 8.70. The van der Waals surface area contributed by atoms with Gasteiger partial charge in [0.2, 0.25) is 0 Å². The van der Waals surface area contributed by atoms with E-state index in [2.05, 4.69) is 18.3 Å². The molecule has 1 unspecified atom stereocenters. The summed E-state index contributed by atoms with van der Waals surface area (Å²) < 4.78 is 0. The highest BCUT2D eigenvalue weighted by atomic mass is 15.0. The molecule has 0 radical (unpaired) electrons. The van der Waals surface area contributed by atoms with E-state index in [0.717, 1.165) is 25.8 Å². The van der Waals surface area contributed by atoms with Gasteiger partial charge in [0.1, 0.15) is 5.54 Å². The smallest absolute Gasteiger partial charge is 0.106 e. The average molecular weight is 124 g/mol. The molecule has 0 bridgehead atoms. The first-order chi connectivity index (χ1) is 4.33. The van der Waals surface area contributed by atoms with Crippen molar-refractivity contribution in [1.82, 2.24) is 5.32 Å². The minimum absolute atomic E-state index is 0.167. The molecule has 0 aromatic rings. The maximum absolute atomic E-state index is 8.70. The average Bonchev–Trinajstić information content (AvgIpc) is 2.36. The summed E-state index contributed by atoms with van der Waals surface area (Å²) in [6, 6.07) is 2.32. The number of nitrogens with one attached hydrogen (secondary N) is 1. The molecule has 1 atom stereocenters. The Morgan fingerprint density at radius 3 is 2.78 bits per heavy atom.